The third-order valence-electron chi connectivity index (χ3n) is 1.96. The molecule has 0 spiro atoms. The Balaban J connectivity index is 2.59. The van der Waals surface area contributed by atoms with Gasteiger partial charge >= 0.3 is 0 Å². The summed E-state index contributed by atoms with van der Waals surface area (Å²) in [7, 11) is 0. The fourth-order valence-electron chi connectivity index (χ4n) is 1.25. The van der Waals surface area contributed by atoms with Crippen LogP contribution in [0.1, 0.15) is 20.8 Å². The van der Waals surface area contributed by atoms with Crippen molar-refractivity contribution >= 4 is 28.9 Å². The molecule has 0 aliphatic rings. The molecule has 0 radical (unpaired) electrons. The van der Waals surface area contributed by atoms with Crippen molar-refractivity contribution in [3.8, 4) is 5.75 Å². The van der Waals surface area contributed by atoms with Crippen LogP contribution in [0.3, 0.4) is 0 Å². The summed E-state index contributed by atoms with van der Waals surface area (Å²) in [5.41, 5.74) is 0.787. The van der Waals surface area contributed by atoms with E-state index in [0.29, 0.717) is 12.5 Å². The molecule has 0 fully saturated rings. The van der Waals surface area contributed by atoms with Crippen LogP contribution in [-0.2, 0) is 4.79 Å². The van der Waals surface area contributed by atoms with Crippen LogP contribution >= 0.6 is 12.2 Å². The zero-order valence-electron chi connectivity index (χ0n) is 10.8. The fourth-order valence-corrected chi connectivity index (χ4v) is 1.51. The predicted octanol–water partition coefficient (Wildman–Crippen LogP) is 2.55. The van der Waals surface area contributed by atoms with Crippen molar-refractivity contribution in [2.75, 3.05) is 11.9 Å². The number of carbonyl (C=O) groups is 1. The molecule has 2 N–H and O–H groups in total. The largest absolute Gasteiger partial charge is 0.493 e. The summed E-state index contributed by atoms with van der Waals surface area (Å²) in [6, 6.07) is 7.45. The van der Waals surface area contributed by atoms with Gasteiger partial charge in [-0.3, -0.25) is 4.79 Å². The molecule has 1 aromatic carbocycles. The number of carbonyl (C=O) groups excluding carboxylic acids is 1. The maximum Gasteiger partial charge on any atom is 0.222 e. The molecule has 0 saturated carbocycles. The van der Waals surface area contributed by atoms with E-state index in [1.165, 1.54) is 6.92 Å². The lowest BCUT2D eigenvalue weighted by molar-refractivity contribution is -0.117. The molecular weight excluding hydrogens is 248 g/mol. The number of ether oxygens (including phenoxy) is 1. The Hall–Kier alpha value is -1.62. The summed E-state index contributed by atoms with van der Waals surface area (Å²) >= 11 is 4.98. The Kier molecular flexibility index (Phi) is 5.58. The second kappa shape index (κ2) is 6.96. The highest BCUT2D eigenvalue weighted by Gasteiger charge is 2.02. The Morgan fingerprint density at radius 2 is 2.17 bits per heavy atom. The number of nitrogens with one attached hydrogen (secondary N) is 2. The van der Waals surface area contributed by atoms with Gasteiger partial charge in [-0.1, -0.05) is 19.9 Å². The average Bonchev–Trinajstić information content (AvgIpc) is 2.25. The minimum atomic E-state index is -0.195. The van der Waals surface area contributed by atoms with Gasteiger partial charge in [0.05, 0.1) is 6.61 Å². The van der Waals surface area contributed by atoms with E-state index in [1.807, 2.05) is 24.3 Å². The molecule has 5 heteroatoms. The first-order chi connectivity index (χ1) is 8.47. The van der Waals surface area contributed by atoms with E-state index in [2.05, 4.69) is 24.5 Å². The molecule has 1 amide bonds. The molecule has 0 atom stereocenters. The highest BCUT2D eigenvalue weighted by molar-refractivity contribution is 7.80. The van der Waals surface area contributed by atoms with Crippen LogP contribution in [0.5, 0.6) is 5.75 Å². The fraction of sp³-hybridized carbons (Fsp3) is 0.385. The number of anilines is 1. The van der Waals surface area contributed by atoms with Crippen LogP contribution in [0.25, 0.3) is 0 Å². The van der Waals surface area contributed by atoms with E-state index in [4.69, 9.17) is 17.0 Å². The number of hydrogen-bond donors (Lipinski definition) is 2. The van der Waals surface area contributed by atoms with Gasteiger partial charge in [0.15, 0.2) is 5.11 Å². The Morgan fingerprint density at radius 1 is 1.44 bits per heavy atom. The Labute approximate surface area is 113 Å². The number of hydrogen-bond acceptors (Lipinski definition) is 3. The molecule has 0 aliphatic heterocycles. The summed E-state index contributed by atoms with van der Waals surface area (Å²) in [4.78, 5) is 10.8. The van der Waals surface area contributed by atoms with E-state index in [9.17, 15) is 4.79 Å². The maximum atomic E-state index is 10.8. The van der Waals surface area contributed by atoms with E-state index >= 15 is 0 Å². The van der Waals surface area contributed by atoms with Gasteiger partial charge in [-0.25, -0.2) is 0 Å². The SMILES string of the molecule is CC(=O)NC(=S)Nc1cccc(OCC(C)C)c1. The number of amides is 1. The van der Waals surface area contributed by atoms with Crippen LogP contribution in [0.4, 0.5) is 5.69 Å². The molecule has 1 aromatic rings. The van der Waals surface area contributed by atoms with E-state index in [1.54, 1.807) is 0 Å². The molecule has 0 bridgehead atoms. The molecule has 0 saturated heterocycles. The van der Waals surface area contributed by atoms with Gasteiger partial charge in [-0.2, -0.15) is 0 Å². The van der Waals surface area contributed by atoms with Crippen molar-refractivity contribution in [1.82, 2.24) is 5.32 Å². The van der Waals surface area contributed by atoms with E-state index in [-0.39, 0.29) is 11.0 Å². The topological polar surface area (TPSA) is 50.4 Å². The summed E-state index contributed by atoms with van der Waals surface area (Å²) < 4.78 is 5.60. The lowest BCUT2D eigenvalue weighted by atomic mass is 10.2. The number of rotatable bonds is 4. The monoisotopic (exact) mass is 266 g/mol. The third-order valence-corrected chi connectivity index (χ3v) is 2.17. The summed E-state index contributed by atoms with van der Waals surface area (Å²) in [5.74, 6) is 1.06. The van der Waals surface area contributed by atoms with Gasteiger partial charge in [-0.15, -0.1) is 0 Å². The second-order valence-corrected chi connectivity index (χ2v) is 4.78. The van der Waals surface area contributed by atoms with Gasteiger partial charge in [0.1, 0.15) is 5.75 Å². The molecule has 0 heterocycles. The highest BCUT2D eigenvalue weighted by atomic mass is 32.1. The van der Waals surface area contributed by atoms with Gasteiger partial charge < -0.3 is 15.4 Å². The maximum absolute atomic E-state index is 10.8. The third kappa shape index (κ3) is 5.63. The van der Waals surface area contributed by atoms with Gasteiger partial charge in [0.25, 0.3) is 0 Å². The summed E-state index contributed by atoms with van der Waals surface area (Å²) in [5, 5.41) is 5.70. The number of benzene rings is 1. The molecule has 0 aromatic heterocycles. The lowest BCUT2D eigenvalue weighted by Gasteiger charge is -2.11. The van der Waals surface area contributed by atoms with E-state index in [0.717, 1.165) is 11.4 Å². The van der Waals surface area contributed by atoms with Gasteiger partial charge in [0.2, 0.25) is 5.91 Å². The van der Waals surface area contributed by atoms with Gasteiger partial charge in [0, 0.05) is 18.7 Å². The molecule has 0 aliphatic carbocycles. The van der Waals surface area contributed by atoms with Gasteiger partial charge in [-0.05, 0) is 30.3 Å². The minimum Gasteiger partial charge on any atom is -0.493 e. The van der Waals surface area contributed by atoms with Crippen molar-refractivity contribution in [2.24, 2.45) is 5.92 Å². The van der Waals surface area contributed by atoms with Crippen molar-refractivity contribution < 1.29 is 9.53 Å². The van der Waals surface area contributed by atoms with Crippen LogP contribution in [0.2, 0.25) is 0 Å². The normalized spacial score (nSPS) is 10.0. The van der Waals surface area contributed by atoms with Crippen molar-refractivity contribution in [3.63, 3.8) is 0 Å². The lowest BCUT2D eigenvalue weighted by Crippen LogP contribution is -2.32. The van der Waals surface area contributed by atoms with Crippen molar-refractivity contribution in [3.05, 3.63) is 24.3 Å². The first-order valence-electron chi connectivity index (χ1n) is 5.79. The smallest absolute Gasteiger partial charge is 0.222 e. The second-order valence-electron chi connectivity index (χ2n) is 4.37. The zero-order chi connectivity index (χ0) is 13.5. The summed E-state index contributed by atoms with van der Waals surface area (Å²) in [6.07, 6.45) is 0. The molecular formula is C13H18N2O2S. The van der Waals surface area contributed by atoms with Crippen molar-refractivity contribution in [1.29, 1.82) is 0 Å². The molecule has 18 heavy (non-hydrogen) atoms. The predicted molar refractivity (Wildman–Crippen MR) is 76.8 cm³/mol. The highest BCUT2D eigenvalue weighted by Crippen LogP contribution is 2.17. The van der Waals surface area contributed by atoms with Crippen LogP contribution in [0.15, 0.2) is 24.3 Å². The first-order valence-corrected chi connectivity index (χ1v) is 6.19. The summed E-state index contributed by atoms with van der Waals surface area (Å²) in [6.45, 7) is 6.26. The molecule has 98 valence electrons. The molecule has 0 unspecified atom stereocenters. The van der Waals surface area contributed by atoms with Crippen molar-refractivity contribution in [2.45, 2.75) is 20.8 Å². The van der Waals surface area contributed by atoms with Crippen LogP contribution in [-0.4, -0.2) is 17.6 Å². The Morgan fingerprint density at radius 3 is 2.78 bits per heavy atom. The molecule has 4 nitrogen and oxygen atoms in total. The first kappa shape index (κ1) is 14.4. The quantitative estimate of drug-likeness (QED) is 0.822. The zero-order valence-corrected chi connectivity index (χ0v) is 11.6. The Bertz CT molecular complexity index is 433. The number of thiocarbonyl (C=S) groups is 1. The van der Waals surface area contributed by atoms with E-state index < -0.39 is 0 Å². The van der Waals surface area contributed by atoms with Crippen LogP contribution in [0, 0.1) is 5.92 Å². The van der Waals surface area contributed by atoms with Crippen LogP contribution < -0.4 is 15.4 Å². The average molecular weight is 266 g/mol. The standard InChI is InChI=1S/C13H18N2O2S/c1-9(2)8-17-12-6-4-5-11(7-12)15-13(18)14-10(3)16/h4-7,9H,8H2,1-3H3,(H2,14,15,16,18). The molecule has 1 rings (SSSR count). The minimum absolute atomic E-state index is 0.195.